The number of pyridine rings is 1. The fraction of sp³-hybridized carbons (Fsp3) is 0. The number of rotatable bonds is 4. The minimum absolute atomic E-state index is 0.0687. The largest absolute Gasteiger partial charge is 0.358 e. The third kappa shape index (κ3) is 3.05. The molecule has 0 amide bonds. The van der Waals surface area contributed by atoms with Crippen LogP contribution in [0.2, 0.25) is 0 Å². The maximum Gasteiger partial charge on any atom is 0.340 e. The van der Waals surface area contributed by atoms with Crippen LogP contribution in [0.15, 0.2) is 53.6 Å². The van der Waals surface area contributed by atoms with Crippen molar-refractivity contribution in [1.82, 2.24) is 4.98 Å². The van der Waals surface area contributed by atoms with Crippen molar-refractivity contribution in [1.29, 1.82) is 0 Å². The van der Waals surface area contributed by atoms with Crippen LogP contribution in [0.5, 0.6) is 5.88 Å². The van der Waals surface area contributed by atoms with E-state index in [4.69, 9.17) is 4.18 Å². The van der Waals surface area contributed by atoms with Gasteiger partial charge >= 0.3 is 10.1 Å². The predicted molar refractivity (Wildman–Crippen MR) is 65.1 cm³/mol. The molecule has 0 bridgehead atoms. The van der Waals surface area contributed by atoms with Crippen molar-refractivity contribution in [2.24, 2.45) is 0 Å². The number of aromatic nitrogens is 1. The summed E-state index contributed by atoms with van der Waals surface area (Å²) >= 11 is 0. The van der Waals surface area contributed by atoms with E-state index in [0.29, 0.717) is 0 Å². The van der Waals surface area contributed by atoms with Gasteiger partial charge in [0, 0.05) is 24.4 Å². The molecule has 1 aromatic heterocycles. The van der Waals surface area contributed by atoms with Gasteiger partial charge in [-0.25, -0.2) is 4.98 Å². The van der Waals surface area contributed by atoms with Crippen molar-refractivity contribution >= 4 is 15.8 Å². The lowest BCUT2D eigenvalue weighted by molar-refractivity contribution is -0.384. The molecule has 0 N–H and O–H groups in total. The minimum Gasteiger partial charge on any atom is -0.358 e. The molecule has 7 nitrogen and oxygen atoms in total. The molecule has 1 aromatic carbocycles. The van der Waals surface area contributed by atoms with Crippen molar-refractivity contribution < 1.29 is 17.5 Å². The SMILES string of the molecule is O=[N+]([O-])c1ccc(S(=O)(=O)Oc2ccccn2)cc1. The van der Waals surface area contributed by atoms with Crippen molar-refractivity contribution in [3.63, 3.8) is 0 Å². The second kappa shape index (κ2) is 5.02. The standard InChI is InChI=1S/C11H8N2O5S/c14-13(15)9-4-6-10(7-5-9)19(16,17)18-11-3-1-2-8-12-11/h1-8H. The topological polar surface area (TPSA) is 99.4 Å². The summed E-state index contributed by atoms with van der Waals surface area (Å²) in [5, 5.41) is 10.5. The van der Waals surface area contributed by atoms with Gasteiger partial charge in [-0.05, 0) is 18.2 Å². The van der Waals surface area contributed by atoms with E-state index in [1.54, 1.807) is 12.1 Å². The van der Waals surface area contributed by atoms with Crippen LogP contribution in [0, 0.1) is 10.1 Å². The first-order valence-corrected chi connectivity index (χ1v) is 6.50. The highest BCUT2D eigenvalue weighted by Gasteiger charge is 2.18. The lowest BCUT2D eigenvalue weighted by atomic mass is 10.3. The molecule has 0 spiro atoms. The summed E-state index contributed by atoms with van der Waals surface area (Å²) in [6.45, 7) is 0. The zero-order valence-corrected chi connectivity index (χ0v) is 10.3. The fourth-order valence-electron chi connectivity index (χ4n) is 1.29. The van der Waals surface area contributed by atoms with Gasteiger partial charge in [-0.2, -0.15) is 8.42 Å². The van der Waals surface area contributed by atoms with Gasteiger partial charge in [-0.15, -0.1) is 0 Å². The Morgan fingerprint density at radius 3 is 2.32 bits per heavy atom. The van der Waals surface area contributed by atoms with Crippen molar-refractivity contribution in [3.8, 4) is 5.88 Å². The number of hydrogen-bond acceptors (Lipinski definition) is 6. The van der Waals surface area contributed by atoms with Crippen molar-refractivity contribution in [3.05, 3.63) is 58.8 Å². The number of hydrogen-bond donors (Lipinski definition) is 0. The van der Waals surface area contributed by atoms with Crippen LogP contribution in [0.25, 0.3) is 0 Å². The smallest absolute Gasteiger partial charge is 0.340 e. The number of nitrogens with zero attached hydrogens (tertiary/aromatic N) is 2. The normalized spacial score (nSPS) is 10.9. The quantitative estimate of drug-likeness (QED) is 0.480. The van der Waals surface area contributed by atoms with Crippen LogP contribution in [0.3, 0.4) is 0 Å². The first-order chi connectivity index (χ1) is 8.99. The van der Waals surface area contributed by atoms with E-state index in [0.717, 1.165) is 24.3 Å². The molecule has 0 atom stereocenters. The maximum absolute atomic E-state index is 11.9. The van der Waals surface area contributed by atoms with Crippen LogP contribution < -0.4 is 4.18 Å². The molecule has 2 aromatic rings. The zero-order valence-electron chi connectivity index (χ0n) is 9.46. The number of nitro benzene ring substituents is 1. The van der Waals surface area contributed by atoms with E-state index in [1.165, 1.54) is 12.3 Å². The van der Waals surface area contributed by atoms with Gasteiger partial charge in [0.25, 0.3) is 5.69 Å². The molecular formula is C11H8N2O5S. The average molecular weight is 280 g/mol. The third-order valence-electron chi connectivity index (χ3n) is 2.17. The first-order valence-electron chi connectivity index (χ1n) is 5.09. The second-order valence-corrected chi connectivity index (χ2v) is 5.00. The molecule has 19 heavy (non-hydrogen) atoms. The molecule has 1 heterocycles. The fourth-order valence-corrected chi connectivity index (χ4v) is 2.18. The summed E-state index contributed by atoms with van der Waals surface area (Å²) in [5.74, 6) is -0.0687. The molecule has 0 saturated carbocycles. The lowest BCUT2D eigenvalue weighted by Crippen LogP contribution is -2.10. The van der Waals surface area contributed by atoms with Gasteiger partial charge in [0.15, 0.2) is 0 Å². The second-order valence-electron chi connectivity index (χ2n) is 3.46. The summed E-state index contributed by atoms with van der Waals surface area (Å²) in [5.41, 5.74) is -0.197. The van der Waals surface area contributed by atoms with E-state index in [2.05, 4.69) is 4.98 Å². The highest BCUT2D eigenvalue weighted by Crippen LogP contribution is 2.19. The molecule has 0 aliphatic heterocycles. The van der Waals surface area contributed by atoms with E-state index in [-0.39, 0.29) is 16.5 Å². The van der Waals surface area contributed by atoms with Crippen LogP contribution in [0.1, 0.15) is 0 Å². The van der Waals surface area contributed by atoms with Crippen molar-refractivity contribution in [2.75, 3.05) is 0 Å². The molecule has 98 valence electrons. The molecule has 0 unspecified atom stereocenters. The van der Waals surface area contributed by atoms with Gasteiger partial charge < -0.3 is 4.18 Å². The first kappa shape index (κ1) is 13.0. The molecule has 8 heteroatoms. The summed E-state index contributed by atoms with van der Waals surface area (Å²) in [4.78, 5) is 13.4. The Labute approximate surface area is 108 Å². The van der Waals surface area contributed by atoms with E-state index >= 15 is 0 Å². The molecule has 2 rings (SSSR count). The molecule has 0 radical (unpaired) electrons. The highest BCUT2D eigenvalue weighted by molar-refractivity contribution is 7.87. The molecular weight excluding hydrogens is 272 g/mol. The minimum atomic E-state index is -4.04. The summed E-state index contributed by atoms with van der Waals surface area (Å²) in [6.07, 6.45) is 1.39. The van der Waals surface area contributed by atoms with Gasteiger partial charge in [0.2, 0.25) is 5.88 Å². The van der Waals surface area contributed by atoms with E-state index < -0.39 is 15.0 Å². The van der Waals surface area contributed by atoms with Gasteiger partial charge in [-0.3, -0.25) is 10.1 Å². The van der Waals surface area contributed by atoms with E-state index in [9.17, 15) is 18.5 Å². The lowest BCUT2D eigenvalue weighted by Gasteiger charge is -2.05. The number of non-ortho nitro benzene ring substituents is 1. The Morgan fingerprint density at radius 2 is 1.79 bits per heavy atom. The monoisotopic (exact) mass is 280 g/mol. The average Bonchev–Trinajstić information content (AvgIpc) is 2.39. The summed E-state index contributed by atoms with van der Waals surface area (Å²) < 4.78 is 28.5. The molecule has 0 saturated heterocycles. The Bertz CT molecular complexity index is 683. The third-order valence-corrected chi connectivity index (χ3v) is 3.41. The molecule has 0 aliphatic rings. The Morgan fingerprint density at radius 1 is 1.11 bits per heavy atom. The summed E-state index contributed by atoms with van der Waals surface area (Å²) in [6, 6.07) is 8.98. The number of benzene rings is 1. The Hall–Kier alpha value is -2.48. The number of nitro groups is 1. The van der Waals surface area contributed by atoms with Crippen LogP contribution in [0.4, 0.5) is 5.69 Å². The Balaban J connectivity index is 2.27. The predicted octanol–water partition coefficient (Wildman–Crippen LogP) is 1.76. The molecule has 0 aliphatic carbocycles. The zero-order chi connectivity index (χ0) is 13.9. The van der Waals surface area contributed by atoms with Crippen LogP contribution in [-0.4, -0.2) is 18.3 Å². The Kier molecular flexibility index (Phi) is 3.43. The van der Waals surface area contributed by atoms with Crippen LogP contribution >= 0.6 is 0 Å². The summed E-state index contributed by atoms with van der Waals surface area (Å²) in [7, 11) is -4.04. The van der Waals surface area contributed by atoms with Gasteiger partial charge in [0.05, 0.1) is 4.92 Å². The van der Waals surface area contributed by atoms with Gasteiger partial charge in [-0.1, -0.05) is 6.07 Å². The van der Waals surface area contributed by atoms with Crippen molar-refractivity contribution in [2.45, 2.75) is 4.90 Å². The maximum atomic E-state index is 11.9. The van der Waals surface area contributed by atoms with Gasteiger partial charge in [0.1, 0.15) is 4.90 Å². The highest BCUT2D eigenvalue weighted by atomic mass is 32.2. The van der Waals surface area contributed by atoms with E-state index in [1.807, 2.05) is 0 Å². The van der Waals surface area contributed by atoms with Crippen LogP contribution in [-0.2, 0) is 10.1 Å². The molecule has 0 fully saturated rings.